The second kappa shape index (κ2) is 7.36. The number of hydrogen-bond donors (Lipinski definition) is 0. The fourth-order valence-electron chi connectivity index (χ4n) is 2.05. The molecule has 0 amide bonds. The molecule has 0 aliphatic heterocycles. The van der Waals surface area contributed by atoms with E-state index in [1.54, 1.807) is 24.3 Å². The van der Waals surface area contributed by atoms with E-state index in [-0.39, 0.29) is 23.1 Å². The van der Waals surface area contributed by atoms with E-state index in [1.807, 2.05) is 0 Å². The summed E-state index contributed by atoms with van der Waals surface area (Å²) in [5.74, 6) is 0.771. The molecule has 4 aromatic rings. The minimum Gasteiger partial charge on any atom is -0.435 e. The van der Waals surface area contributed by atoms with Gasteiger partial charge in [-0.25, -0.2) is 4.63 Å². The van der Waals surface area contributed by atoms with E-state index >= 15 is 0 Å². The molecule has 0 unspecified atom stereocenters. The molecule has 2 aromatic carbocycles. The van der Waals surface area contributed by atoms with E-state index in [1.165, 1.54) is 12.1 Å². The lowest BCUT2D eigenvalue weighted by Gasteiger charge is -2.10. The fourth-order valence-corrected chi connectivity index (χ4v) is 2.62. The van der Waals surface area contributed by atoms with E-state index in [0.717, 1.165) is 0 Å². The average Bonchev–Trinajstić information content (AvgIpc) is 3.09. The lowest BCUT2D eigenvalue weighted by Crippen LogP contribution is -1.97. The van der Waals surface area contributed by atoms with Crippen LogP contribution in [0.25, 0.3) is 11.3 Å². The van der Waals surface area contributed by atoms with Crippen molar-refractivity contribution in [3.05, 3.63) is 56.5 Å². The molecule has 11 heteroatoms. The lowest BCUT2D eigenvalue weighted by molar-refractivity contribution is 0.314. The molecule has 0 bridgehead atoms. The number of benzene rings is 2. The number of fused-ring (bicyclic) bond motifs is 1. The van der Waals surface area contributed by atoms with Crippen LogP contribution in [0.15, 0.2) is 41.0 Å². The minimum atomic E-state index is 0.0164. The Balaban J connectivity index is 1.74. The summed E-state index contributed by atoms with van der Waals surface area (Å²) in [6.07, 6.45) is 0. The molecule has 0 fully saturated rings. The Hall–Kier alpha value is -2.32. The van der Waals surface area contributed by atoms with Crippen molar-refractivity contribution in [3.8, 4) is 23.3 Å². The van der Waals surface area contributed by atoms with Crippen LogP contribution in [0.1, 0.15) is 0 Å². The van der Waals surface area contributed by atoms with Crippen molar-refractivity contribution in [1.82, 2.24) is 20.3 Å². The van der Waals surface area contributed by atoms with Gasteiger partial charge in [-0.1, -0.05) is 46.4 Å². The molecule has 2 heterocycles. The van der Waals surface area contributed by atoms with E-state index in [2.05, 4.69) is 24.9 Å². The summed E-state index contributed by atoms with van der Waals surface area (Å²) in [7, 11) is 0. The third-order valence-corrected chi connectivity index (χ3v) is 4.74. The highest BCUT2D eigenvalue weighted by Gasteiger charge is 2.18. The second-order valence-electron chi connectivity index (χ2n) is 5.10. The molecule has 0 saturated heterocycles. The van der Waals surface area contributed by atoms with Gasteiger partial charge >= 0.3 is 0 Å². The van der Waals surface area contributed by atoms with Crippen LogP contribution in [0, 0.1) is 0 Å². The van der Waals surface area contributed by atoms with Crippen molar-refractivity contribution in [2.75, 3.05) is 0 Å². The molecule has 0 spiro atoms. The Bertz CT molecular complexity index is 1060. The highest BCUT2D eigenvalue weighted by molar-refractivity contribution is 6.42. The molecule has 2 aromatic heterocycles. The number of nitrogens with zero attached hydrogens (tertiary/aromatic N) is 4. The molecule has 0 aliphatic carbocycles. The molecule has 0 saturated carbocycles. The first-order valence-corrected chi connectivity index (χ1v) is 8.77. The molecule has 0 N–H and O–H groups in total. The van der Waals surface area contributed by atoms with Gasteiger partial charge in [0.2, 0.25) is 11.3 Å². The minimum absolute atomic E-state index is 0.0164. The van der Waals surface area contributed by atoms with Crippen LogP contribution >= 0.6 is 46.4 Å². The van der Waals surface area contributed by atoms with Crippen molar-refractivity contribution in [1.29, 1.82) is 0 Å². The van der Waals surface area contributed by atoms with Crippen LogP contribution in [0.4, 0.5) is 0 Å². The third-order valence-electron chi connectivity index (χ3n) is 3.26. The quantitative estimate of drug-likeness (QED) is 0.370. The van der Waals surface area contributed by atoms with Crippen molar-refractivity contribution in [3.63, 3.8) is 0 Å². The van der Waals surface area contributed by atoms with Gasteiger partial charge in [0.1, 0.15) is 11.5 Å². The van der Waals surface area contributed by atoms with Gasteiger partial charge in [0, 0.05) is 12.1 Å². The van der Waals surface area contributed by atoms with Crippen LogP contribution in [0.5, 0.6) is 23.3 Å². The van der Waals surface area contributed by atoms with Gasteiger partial charge in [-0.2, -0.15) is 9.97 Å². The first kappa shape index (κ1) is 18.1. The van der Waals surface area contributed by atoms with Crippen LogP contribution in [-0.4, -0.2) is 20.3 Å². The summed E-state index contributed by atoms with van der Waals surface area (Å²) in [4.78, 5) is 8.41. The smallest absolute Gasteiger partial charge is 0.286 e. The Morgan fingerprint density at radius 3 is 1.48 bits per heavy atom. The summed E-state index contributed by atoms with van der Waals surface area (Å²) in [5, 5.41) is 8.70. The predicted molar refractivity (Wildman–Crippen MR) is 100 cm³/mol. The van der Waals surface area contributed by atoms with Crippen molar-refractivity contribution >= 4 is 57.7 Å². The van der Waals surface area contributed by atoms with Gasteiger partial charge in [0.05, 0.1) is 20.1 Å². The molecule has 136 valence electrons. The van der Waals surface area contributed by atoms with Crippen molar-refractivity contribution in [2.45, 2.75) is 0 Å². The number of halogens is 4. The van der Waals surface area contributed by atoms with Crippen LogP contribution in [-0.2, 0) is 0 Å². The second-order valence-corrected chi connectivity index (χ2v) is 6.73. The molecule has 0 atom stereocenters. The van der Waals surface area contributed by atoms with Gasteiger partial charge in [0.25, 0.3) is 11.8 Å². The zero-order valence-electron chi connectivity index (χ0n) is 13.0. The Labute approximate surface area is 171 Å². The van der Waals surface area contributed by atoms with E-state index in [0.29, 0.717) is 31.6 Å². The lowest BCUT2D eigenvalue weighted by atomic mass is 10.3. The molecule has 0 radical (unpaired) electrons. The van der Waals surface area contributed by atoms with Crippen LogP contribution in [0.2, 0.25) is 20.1 Å². The molecule has 0 aliphatic rings. The predicted octanol–water partition coefficient (Wildman–Crippen LogP) is 6.21. The summed E-state index contributed by atoms with van der Waals surface area (Å²) in [6, 6.07) is 9.46. The number of rotatable bonds is 4. The number of ether oxygens (including phenoxy) is 2. The molecule has 4 rings (SSSR count). The normalized spacial score (nSPS) is 11.0. The largest absolute Gasteiger partial charge is 0.435 e. The van der Waals surface area contributed by atoms with E-state index in [4.69, 9.17) is 55.9 Å². The summed E-state index contributed by atoms with van der Waals surface area (Å²) < 4.78 is 16.1. The van der Waals surface area contributed by atoms with Crippen LogP contribution < -0.4 is 9.47 Å². The van der Waals surface area contributed by atoms with E-state index in [9.17, 15) is 0 Å². The van der Waals surface area contributed by atoms with E-state index < -0.39 is 0 Å². The summed E-state index contributed by atoms with van der Waals surface area (Å²) >= 11 is 23.9. The monoisotopic (exact) mass is 442 g/mol. The van der Waals surface area contributed by atoms with Gasteiger partial charge in [-0.3, -0.25) is 0 Å². The zero-order chi connectivity index (χ0) is 19.0. The maximum atomic E-state index is 6.02. The highest BCUT2D eigenvalue weighted by atomic mass is 35.5. The Morgan fingerprint density at radius 1 is 0.630 bits per heavy atom. The Kier molecular flexibility index (Phi) is 4.92. The van der Waals surface area contributed by atoms with Crippen molar-refractivity contribution < 1.29 is 14.1 Å². The van der Waals surface area contributed by atoms with Crippen molar-refractivity contribution in [2.24, 2.45) is 0 Å². The third kappa shape index (κ3) is 3.86. The van der Waals surface area contributed by atoms with Gasteiger partial charge in [-0.15, -0.1) is 0 Å². The number of hydrogen-bond acceptors (Lipinski definition) is 7. The highest BCUT2D eigenvalue weighted by Crippen LogP contribution is 2.36. The topological polar surface area (TPSA) is 83.2 Å². The molecular formula is C16H6Cl4N4O3. The molecule has 27 heavy (non-hydrogen) atoms. The first-order chi connectivity index (χ1) is 13.0. The maximum absolute atomic E-state index is 6.02. The van der Waals surface area contributed by atoms with Gasteiger partial charge in [0.15, 0.2) is 0 Å². The SMILES string of the molecule is Clc1ccc(Oc2nc3nonc3nc2Oc2ccc(Cl)c(Cl)c2)cc1Cl. The summed E-state index contributed by atoms with van der Waals surface area (Å²) in [6.45, 7) is 0. The average molecular weight is 444 g/mol. The fraction of sp³-hybridized carbons (Fsp3) is 0. The van der Waals surface area contributed by atoms with Gasteiger partial charge < -0.3 is 9.47 Å². The molecular weight excluding hydrogens is 438 g/mol. The Morgan fingerprint density at radius 2 is 1.07 bits per heavy atom. The maximum Gasteiger partial charge on any atom is 0.286 e. The molecule has 7 nitrogen and oxygen atoms in total. The number of aromatic nitrogens is 4. The zero-order valence-corrected chi connectivity index (χ0v) is 16.0. The first-order valence-electron chi connectivity index (χ1n) is 7.26. The standard InChI is InChI=1S/C16H6Cl4N4O3/c17-9-3-1-7(5-11(9)19)25-15-16(22-14-13(21-15)23-27-24-14)26-8-2-4-10(18)12(20)6-8/h1-6H. The van der Waals surface area contributed by atoms with Crippen LogP contribution in [0.3, 0.4) is 0 Å². The van der Waals surface area contributed by atoms with Gasteiger partial charge in [-0.05, 0) is 34.6 Å². The summed E-state index contributed by atoms with van der Waals surface area (Å²) in [5.41, 5.74) is 0.290.